The van der Waals surface area contributed by atoms with E-state index >= 15 is 0 Å². The highest BCUT2D eigenvalue weighted by atomic mass is 19.1. The number of hydrogen-bond acceptors (Lipinski definition) is 2. The van der Waals surface area contributed by atoms with Gasteiger partial charge in [-0.2, -0.15) is 0 Å². The predicted molar refractivity (Wildman–Crippen MR) is 78.2 cm³/mol. The van der Waals surface area contributed by atoms with Crippen molar-refractivity contribution >= 4 is 5.91 Å². The SMILES string of the molecule is CCNC1CCC(N(C)C(=O)c2c(F)cccc2F)CC1. The van der Waals surface area contributed by atoms with Crippen molar-refractivity contribution in [2.45, 2.75) is 44.7 Å². The van der Waals surface area contributed by atoms with Gasteiger partial charge in [0.2, 0.25) is 0 Å². The van der Waals surface area contributed by atoms with Crippen molar-refractivity contribution in [1.82, 2.24) is 10.2 Å². The van der Waals surface area contributed by atoms with Crippen LogP contribution in [0.5, 0.6) is 0 Å². The average molecular weight is 296 g/mol. The molecule has 1 N–H and O–H groups in total. The maximum atomic E-state index is 13.7. The number of nitrogens with one attached hydrogen (secondary N) is 1. The second-order valence-corrected chi connectivity index (χ2v) is 5.58. The number of hydrogen-bond donors (Lipinski definition) is 1. The molecule has 5 heteroatoms. The average Bonchev–Trinajstić information content (AvgIpc) is 2.47. The lowest BCUT2D eigenvalue weighted by Crippen LogP contribution is -2.43. The molecule has 1 aliphatic carbocycles. The Labute approximate surface area is 124 Å². The largest absolute Gasteiger partial charge is 0.339 e. The first-order chi connectivity index (χ1) is 10.0. The van der Waals surface area contributed by atoms with Gasteiger partial charge in [0.15, 0.2) is 0 Å². The fraction of sp³-hybridized carbons (Fsp3) is 0.562. The Bertz CT molecular complexity index is 479. The van der Waals surface area contributed by atoms with Crippen LogP contribution in [0.15, 0.2) is 18.2 Å². The lowest BCUT2D eigenvalue weighted by atomic mass is 9.90. The summed E-state index contributed by atoms with van der Waals surface area (Å²) in [6.07, 6.45) is 3.68. The minimum absolute atomic E-state index is 0.0476. The fourth-order valence-electron chi connectivity index (χ4n) is 3.00. The molecule has 1 aromatic carbocycles. The molecule has 0 aromatic heterocycles. The van der Waals surface area contributed by atoms with Crippen LogP contribution < -0.4 is 5.32 Å². The van der Waals surface area contributed by atoms with Crippen LogP contribution in [0.3, 0.4) is 0 Å². The predicted octanol–water partition coefficient (Wildman–Crippen LogP) is 2.96. The third-order valence-electron chi connectivity index (χ3n) is 4.23. The van der Waals surface area contributed by atoms with Crippen LogP contribution in [0.4, 0.5) is 8.78 Å². The molecule has 0 saturated heterocycles. The Kier molecular flexibility index (Phi) is 5.28. The zero-order valence-electron chi connectivity index (χ0n) is 12.5. The Hall–Kier alpha value is -1.49. The molecular formula is C16H22F2N2O. The monoisotopic (exact) mass is 296 g/mol. The van der Waals surface area contributed by atoms with Gasteiger partial charge in [-0.3, -0.25) is 4.79 Å². The zero-order chi connectivity index (χ0) is 15.4. The van der Waals surface area contributed by atoms with Crippen LogP contribution in [0.1, 0.15) is 43.0 Å². The first-order valence-corrected chi connectivity index (χ1v) is 7.49. The standard InChI is InChI=1S/C16H22F2N2O/c1-3-19-11-7-9-12(10-8-11)20(2)16(21)15-13(17)5-4-6-14(15)18/h4-6,11-12,19H,3,7-10H2,1-2H3. The minimum atomic E-state index is -0.798. The van der Waals surface area contributed by atoms with Crippen molar-refractivity contribution in [3.63, 3.8) is 0 Å². The van der Waals surface area contributed by atoms with Gasteiger partial charge in [-0.1, -0.05) is 13.0 Å². The van der Waals surface area contributed by atoms with Crippen molar-refractivity contribution in [2.75, 3.05) is 13.6 Å². The van der Waals surface area contributed by atoms with E-state index in [2.05, 4.69) is 12.2 Å². The molecule has 21 heavy (non-hydrogen) atoms. The number of halogens is 2. The first kappa shape index (κ1) is 15.9. The highest BCUT2D eigenvalue weighted by Gasteiger charge is 2.29. The molecule has 1 aromatic rings. The highest BCUT2D eigenvalue weighted by molar-refractivity contribution is 5.94. The molecule has 1 fully saturated rings. The van der Waals surface area contributed by atoms with Crippen molar-refractivity contribution in [1.29, 1.82) is 0 Å². The van der Waals surface area contributed by atoms with E-state index < -0.39 is 23.1 Å². The number of benzene rings is 1. The maximum absolute atomic E-state index is 13.7. The van der Waals surface area contributed by atoms with E-state index in [-0.39, 0.29) is 6.04 Å². The molecule has 1 amide bonds. The van der Waals surface area contributed by atoms with Crippen molar-refractivity contribution < 1.29 is 13.6 Å². The summed E-state index contributed by atoms with van der Waals surface area (Å²) in [5.41, 5.74) is -0.450. The molecule has 0 atom stereocenters. The Morgan fingerprint density at radius 2 is 1.81 bits per heavy atom. The van der Waals surface area contributed by atoms with Crippen LogP contribution in [0.25, 0.3) is 0 Å². The molecule has 3 nitrogen and oxygen atoms in total. The number of carbonyl (C=O) groups excluding carboxylic acids is 1. The van der Waals surface area contributed by atoms with Crippen molar-refractivity contribution in [3.05, 3.63) is 35.4 Å². The van der Waals surface area contributed by atoms with Crippen LogP contribution in [0, 0.1) is 11.6 Å². The maximum Gasteiger partial charge on any atom is 0.259 e. The van der Waals surface area contributed by atoms with E-state index in [9.17, 15) is 13.6 Å². The van der Waals surface area contributed by atoms with Gasteiger partial charge in [0, 0.05) is 19.1 Å². The fourth-order valence-corrected chi connectivity index (χ4v) is 3.00. The third kappa shape index (κ3) is 3.59. The van der Waals surface area contributed by atoms with E-state index in [1.807, 2.05) is 0 Å². The van der Waals surface area contributed by atoms with Gasteiger partial charge in [0.1, 0.15) is 17.2 Å². The highest BCUT2D eigenvalue weighted by Crippen LogP contribution is 2.24. The summed E-state index contributed by atoms with van der Waals surface area (Å²) in [6, 6.07) is 4.04. The number of amides is 1. The van der Waals surface area contributed by atoms with E-state index in [4.69, 9.17) is 0 Å². The lowest BCUT2D eigenvalue weighted by molar-refractivity contribution is 0.0675. The summed E-state index contributed by atoms with van der Waals surface area (Å²) in [4.78, 5) is 13.8. The topological polar surface area (TPSA) is 32.3 Å². The van der Waals surface area contributed by atoms with Crippen molar-refractivity contribution in [2.24, 2.45) is 0 Å². The molecular weight excluding hydrogens is 274 g/mol. The Morgan fingerprint density at radius 1 is 1.24 bits per heavy atom. The number of nitrogens with zero attached hydrogens (tertiary/aromatic N) is 1. The normalized spacial score (nSPS) is 22.1. The summed E-state index contributed by atoms with van der Waals surface area (Å²) < 4.78 is 27.4. The number of rotatable bonds is 4. The van der Waals surface area contributed by atoms with Gasteiger partial charge in [0.25, 0.3) is 5.91 Å². The molecule has 0 aliphatic heterocycles. The van der Waals surface area contributed by atoms with Crippen LogP contribution in [-0.2, 0) is 0 Å². The Balaban J connectivity index is 2.04. The van der Waals surface area contributed by atoms with E-state index in [0.29, 0.717) is 6.04 Å². The molecule has 2 rings (SSSR count). The molecule has 1 aliphatic rings. The van der Waals surface area contributed by atoms with Gasteiger partial charge in [0.05, 0.1) is 0 Å². The van der Waals surface area contributed by atoms with E-state index in [1.165, 1.54) is 11.0 Å². The lowest BCUT2D eigenvalue weighted by Gasteiger charge is -2.35. The van der Waals surface area contributed by atoms with Crippen LogP contribution in [-0.4, -0.2) is 36.5 Å². The van der Waals surface area contributed by atoms with Gasteiger partial charge in [-0.25, -0.2) is 8.78 Å². The van der Waals surface area contributed by atoms with Crippen molar-refractivity contribution in [3.8, 4) is 0 Å². The van der Waals surface area contributed by atoms with Gasteiger partial charge in [-0.05, 0) is 44.4 Å². The van der Waals surface area contributed by atoms with E-state index in [1.54, 1.807) is 7.05 Å². The van der Waals surface area contributed by atoms with E-state index in [0.717, 1.165) is 44.4 Å². The summed E-state index contributed by atoms with van der Waals surface area (Å²) in [5.74, 6) is -2.17. The first-order valence-electron chi connectivity index (χ1n) is 7.49. The molecule has 1 saturated carbocycles. The van der Waals surface area contributed by atoms with Gasteiger partial charge in [-0.15, -0.1) is 0 Å². The smallest absolute Gasteiger partial charge is 0.259 e. The molecule has 116 valence electrons. The molecule has 0 heterocycles. The molecule has 0 radical (unpaired) electrons. The Morgan fingerprint density at radius 3 is 2.33 bits per heavy atom. The summed E-state index contributed by atoms with van der Waals surface area (Å²) >= 11 is 0. The zero-order valence-corrected chi connectivity index (χ0v) is 12.5. The van der Waals surface area contributed by atoms with Crippen LogP contribution >= 0.6 is 0 Å². The molecule has 0 spiro atoms. The minimum Gasteiger partial charge on any atom is -0.339 e. The molecule has 0 unspecified atom stereocenters. The van der Waals surface area contributed by atoms with Crippen LogP contribution in [0.2, 0.25) is 0 Å². The molecule has 0 bridgehead atoms. The number of carbonyl (C=O) groups is 1. The summed E-state index contributed by atoms with van der Waals surface area (Å²) in [7, 11) is 1.63. The van der Waals surface area contributed by atoms with Gasteiger partial charge < -0.3 is 10.2 Å². The van der Waals surface area contributed by atoms with Gasteiger partial charge >= 0.3 is 0 Å². The summed E-state index contributed by atoms with van der Waals surface area (Å²) in [5, 5.41) is 3.40. The third-order valence-corrected chi connectivity index (χ3v) is 4.23. The quantitative estimate of drug-likeness (QED) is 0.926. The second-order valence-electron chi connectivity index (χ2n) is 5.58. The summed E-state index contributed by atoms with van der Waals surface area (Å²) in [6.45, 7) is 3.01. The second kappa shape index (κ2) is 6.98.